The van der Waals surface area contributed by atoms with Crippen molar-refractivity contribution in [2.75, 3.05) is 19.8 Å². The Hall–Kier alpha value is -1.40. The molecule has 1 fully saturated rings. The minimum Gasteiger partial charge on any atom is -0.381 e. The van der Waals surface area contributed by atoms with Gasteiger partial charge in [-0.3, -0.25) is 0 Å². The van der Waals surface area contributed by atoms with Crippen LogP contribution in [0.1, 0.15) is 43.7 Å². The SMILES string of the molecule is C=C(C(C)C)[C@H](CNC1CCOCC1)c1ccc(C(F)(F)F)c(F)c1. The van der Waals surface area contributed by atoms with Crippen LogP contribution >= 0.6 is 0 Å². The number of rotatable bonds is 6. The van der Waals surface area contributed by atoms with Crippen molar-refractivity contribution in [2.45, 2.75) is 44.8 Å². The topological polar surface area (TPSA) is 21.3 Å². The monoisotopic (exact) mass is 359 g/mol. The van der Waals surface area contributed by atoms with Gasteiger partial charge in [0.2, 0.25) is 0 Å². The normalized spacial score (nSPS) is 17.7. The summed E-state index contributed by atoms with van der Waals surface area (Å²) in [6.45, 7) is 9.95. The molecule has 6 heteroatoms. The largest absolute Gasteiger partial charge is 0.419 e. The molecule has 1 atom stereocenters. The minimum absolute atomic E-state index is 0.145. The third-order valence-electron chi connectivity index (χ3n) is 4.72. The molecule has 2 nitrogen and oxygen atoms in total. The standard InChI is InChI=1S/C19H25F4NO/c1-12(2)13(3)16(11-24-15-6-8-25-9-7-15)14-4-5-17(18(20)10-14)19(21,22)23/h4-5,10,12,15-16,24H,3,6-9,11H2,1-2H3/t16-/m0/s1. The van der Waals surface area contributed by atoms with Crippen LogP contribution in [0.25, 0.3) is 0 Å². The van der Waals surface area contributed by atoms with E-state index in [0.717, 1.165) is 30.5 Å². The molecule has 0 saturated carbocycles. The first-order chi connectivity index (χ1) is 11.7. The summed E-state index contributed by atoms with van der Waals surface area (Å²) in [5, 5.41) is 3.43. The van der Waals surface area contributed by atoms with Gasteiger partial charge in [-0.15, -0.1) is 0 Å². The van der Waals surface area contributed by atoms with E-state index in [1.54, 1.807) is 0 Å². The number of benzene rings is 1. The van der Waals surface area contributed by atoms with Gasteiger partial charge in [-0.1, -0.05) is 32.1 Å². The average molecular weight is 359 g/mol. The first-order valence-corrected chi connectivity index (χ1v) is 8.56. The molecule has 0 spiro atoms. The van der Waals surface area contributed by atoms with E-state index in [1.807, 2.05) is 13.8 Å². The van der Waals surface area contributed by atoms with E-state index in [0.29, 0.717) is 31.4 Å². The van der Waals surface area contributed by atoms with Gasteiger partial charge in [0, 0.05) is 31.7 Å². The molecule has 1 aromatic carbocycles. The fourth-order valence-electron chi connectivity index (χ4n) is 3.03. The molecule has 1 N–H and O–H groups in total. The van der Waals surface area contributed by atoms with Crippen LogP contribution in [0.3, 0.4) is 0 Å². The maximum Gasteiger partial charge on any atom is 0.419 e. The Labute approximate surface area is 146 Å². The molecule has 0 amide bonds. The molecule has 0 bridgehead atoms. The van der Waals surface area contributed by atoms with Crippen molar-refractivity contribution in [1.29, 1.82) is 0 Å². The predicted octanol–water partition coefficient (Wildman–Crippen LogP) is 4.91. The van der Waals surface area contributed by atoms with Gasteiger partial charge in [0.15, 0.2) is 0 Å². The van der Waals surface area contributed by atoms with Crippen LogP contribution in [0.5, 0.6) is 0 Å². The quantitative estimate of drug-likeness (QED) is 0.576. The van der Waals surface area contributed by atoms with Gasteiger partial charge in [-0.2, -0.15) is 13.2 Å². The summed E-state index contributed by atoms with van der Waals surface area (Å²) in [4.78, 5) is 0. The van der Waals surface area contributed by atoms with Gasteiger partial charge in [-0.05, 0) is 36.5 Å². The number of nitrogens with one attached hydrogen (secondary N) is 1. The zero-order valence-corrected chi connectivity index (χ0v) is 14.6. The van der Waals surface area contributed by atoms with E-state index in [2.05, 4.69) is 11.9 Å². The van der Waals surface area contributed by atoms with Crippen LogP contribution in [0, 0.1) is 11.7 Å². The molecule has 1 aliphatic heterocycles. The van der Waals surface area contributed by atoms with E-state index >= 15 is 0 Å². The Morgan fingerprint density at radius 2 is 1.92 bits per heavy atom. The fraction of sp³-hybridized carbons (Fsp3) is 0.579. The Balaban J connectivity index is 2.20. The second-order valence-corrected chi connectivity index (χ2v) is 6.81. The van der Waals surface area contributed by atoms with E-state index in [1.165, 1.54) is 6.07 Å². The lowest BCUT2D eigenvalue weighted by Crippen LogP contribution is -2.37. The third kappa shape index (κ3) is 5.28. The lowest BCUT2D eigenvalue weighted by atomic mass is 9.85. The highest BCUT2D eigenvalue weighted by Gasteiger charge is 2.34. The van der Waals surface area contributed by atoms with Gasteiger partial charge in [0.25, 0.3) is 0 Å². The van der Waals surface area contributed by atoms with E-state index in [9.17, 15) is 17.6 Å². The molecule has 1 aliphatic rings. The summed E-state index contributed by atoms with van der Waals surface area (Å²) in [7, 11) is 0. The smallest absolute Gasteiger partial charge is 0.381 e. The summed E-state index contributed by atoms with van der Waals surface area (Å²) >= 11 is 0. The molecule has 140 valence electrons. The summed E-state index contributed by atoms with van der Waals surface area (Å²) in [6.07, 6.45) is -2.90. The molecule has 25 heavy (non-hydrogen) atoms. The van der Waals surface area contributed by atoms with Crippen LogP contribution in [0.2, 0.25) is 0 Å². The maximum absolute atomic E-state index is 14.0. The van der Waals surface area contributed by atoms with Crippen molar-refractivity contribution >= 4 is 0 Å². The van der Waals surface area contributed by atoms with Crippen molar-refractivity contribution in [3.8, 4) is 0 Å². The first-order valence-electron chi connectivity index (χ1n) is 8.56. The molecule has 0 aromatic heterocycles. The molecule has 1 aromatic rings. The molecular weight excluding hydrogens is 334 g/mol. The second kappa shape index (κ2) is 8.32. The Bertz CT molecular complexity index is 592. The van der Waals surface area contributed by atoms with Gasteiger partial charge in [0.05, 0.1) is 5.56 Å². The van der Waals surface area contributed by atoms with Crippen LogP contribution in [0.15, 0.2) is 30.4 Å². The van der Waals surface area contributed by atoms with Gasteiger partial charge >= 0.3 is 6.18 Å². The number of hydrogen-bond acceptors (Lipinski definition) is 2. The molecule has 0 radical (unpaired) electrons. The lowest BCUT2D eigenvalue weighted by molar-refractivity contribution is -0.140. The van der Waals surface area contributed by atoms with Crippen molar-refractivity contribution in [3.63, 3.8) is 0 Å². The Morgan fingerprint density at radius 1 is 1.28 bits per heavy atom. The highest BCUT2D eigenvalue weighted by Crippen LogP contribution is 2.35. The average Bonchev–Trinajstić information content (AvgIpc) is 2.54. The highest BCUT2D eigenvalue weighted by atomic mass is 19.4. The Morgan fingerprint density at radius 3 is 2.44 bits per heavy atom. The molecule has 2 rings (SSSR count). The van der Waals surface area contributed by atoms with Crippen LogP contribution in [-0.4, -0.2) is 25.8 Å². The first kappa shape index (κ1) is 19.9. The predicted molar refractivity (Wildman–Crippen MR) is 90.0 cm³/mol. The maximum atomic E-state index is 14.0. The minimum atomic E-state index is -4.69. The van der Waals surface area contributed by atoms with Crippen molar-refractivity contribution in [3.05, 3.63) is 47.3 Å². The lowest BCUT2D eigenvalue weighted by Gasteiger charge is -2.28. The zero-order chi connectivity index (χ0) is 18.6. The molecule has 0 unspecified atom stereocenters. The van der Waals surface area contributed by atoms with Crippen LogP contribution in [0.4, 0.5) is 17.6 Å². The van der Waals surface area contributed by atoms with E-state index < -0.39 is 17.6 Å². The number of ether oxygens (including phenoxy) is 1. The number of halogens is 4. The van der Waals surface area contributed by atoms with Crippen molar-refractivity contribution in [1.82, 2.24) is 5.32 Å². The molecule has 1 saturated heterocycles. The summed E-state index contributed by atoms with van der Waals surface area (Å²) in [6, 6.07) is 3.47. The summed E-state index contributed by atoms with van der Waals surface area (Å²) < 4.78 is 57.6. The zero-order valence-electron chi connectivity index (χ0n) is 14.6. The fourth-order valence-corrected chi connectivity index (χ4v) is 3.03. The number of alkyl halides is 3. The molecule has 0 aliphatic carbocycles. The Kier molecular flexibility index (Phi) is 6.63. The second-order valence-electron chi connectivity index (χ2n) is 6.81. The van der Waals surface area contributed by atoms with Gasteiger partial charge in [0.1, 0.15) is 5.82 Å². The highest BCUT2D eigenvalue weighted by molar-refractivity contribution is 5.34. The molecular formula is C19H25F4NO. The van der Waals surface area contributed by atoms with Crippen LogP contribution < -0.4 is 5.32 Å². The van der Waals surface area contributed by atoms with E-state index in [-0.39, 0.29) is 11.8 Å². The van der Waals surface area contributed by atoms with Gasteiger partial charge < -0.3 is 10.1 Å². The van der Waals surface area contributed by atoms with Crippen molar-refractivity contribution in [2.24, 2.45) is 5.92 Å². The molecule has 1 heterocycles. The summed E-state index contributed by atoms with van der Waals surface area (Å²) in [5.41, 5.74) is 0.157. The van der Waals surface area contributed by atoms with Crippen LogP contribution in [-0.2, 0) is 10.9 Å². The van der Waals surface area contributed by atoms with Crippen molar-refractivity contribution < 1.29 is 22.3 Å². The van der Waals surface area contributed by atoms with E-state index in [4.69, 9.17) is 4.74 Å². The number of hydrogen-bond donors (Lipinski definition) is 1. The van der Waals surface area contributed by atoms with Gasteiger partial charge in [-0.25, -0.2) is 4.39 Å². The third-order valence-corrected chi connectivity index (χ3v) is 4.72. The summed E-state index contributed by atoms with van der Waals surface area (Å²) in [5.74, 6) is -1.33.